The van der Waals surface area contributed by atoms with Gasteiger partial charge in [-0.25, -0.2) is 0 Å². The Morgan fingerprint density at radius 2 is 1.57 bits per heavy atom. The van der Waals surface area contributed by atoms with Gasteiger partial charge in [-0.3, -0.25) is 14.5 Å². The van der Waals surface area contributed by atoms with Crippen LogP contribution in [0.1, 0.15) is 33.3 Å². The van der Waals surface area contributed by atoms with Gasteiger partial charge >= 0.3 is 0 Å². The second-order valence-electron chi connectivity index (χ2n) is 7.41. The summed E-state index contributed by atoms with van der Waals surface area (Å²) in [6, 6.07) is 17.1. The molecule has 1 aliphatic heterocycles. The molecule has 4 rings (SSSR count). The van der Waals surface area contributed by atoms with Crippen LogP contribution in [0.3, 0.4) is 0 Å². The predicted molar refractivity (Wildman–Crippen MR) is 111 cm³/mol. The molecule has 2 aromatic carbocycles. The first kappa shape index (κ1) is 18.4. The first-order valence-corrected chi connectivity index (χ1v) is 9.76. The third-order valence-electron chi connectivity index (χ3n) is 5.69. The number of carbonyl (C=O) groups is 2. The van der Waals surface area contributed by atoms with Gasteiger partial charge in [-0.2, -0.15) is 0 Å². The van der Waals surface area contributed by atoms with Crippen LogP contribution in [-0.2, 0) is 0 Å². The lowest BCUT2D eigenvalue weighted by atomic mass is 10.0. The highest BCUT2D eigenvalue weighted by atomic mass is 16.2. The van der Waals surface area contributed by atoms with Gasteiger partial charge in [-0.05, 0) is 32.0 Å². The minimum atomic E-state index is -0.216. The zero-order valence-electron chi connectivity index (χ0n) is 16.3. The van der Waals surface area contributed by atoms with Crippen LogP contribution in [0.4, 0.5) is 0 Å². The van der Waals surface area contributed by atoms with Crippen molar-refractivity contribution in [2.24, 2.45) is 0 Å². The van der Waals surface area contributed by atoms with E-state index in [1.165, 1.54) is 0 Å². The quantitative estimate of drug-likeness (QED) is 0.710. The Kier molecular flexibility index (Phi) is 5.01. The smallest absolute Gasteiger partial charge is 0.253 e. The highest BCUT2D eigenvalue weighted by molar-refractivity contribution is 6.11. The minimum absolute atomic E-state index is 0.0618. The predicted octanol–water partition coefficient (Wildman–Crippen LogP) is 3.51. The molecule has 1 atom stereocenters. The summed E-state index contributed by atoms with van der Waals surface area (Å²) in [5, 5.41) is 0.981. The van der Waals surface area contributed by atoms with Crippen molar-refractivity contribution in [3.05, 3.63) is 71.4 Å². The van der Waals surface area contributed by atoms with E-state index < -0.39 is 0 Å². The van der Waals surface area contributed by atoms with E-state index in [9.17, 15) is 9.59 Å². The van der Waals surface area contributed by atoms with Crippen LogP contribution >= 0.6 is 0 Å². The number of fused-ring (bicyclic) bond motifs is 1. The lowest BCUT2D eigenvalue weighted by Crippen LogP contribution is -2.53. The monoisotopic (exact) mass is 375 g/mol. The van der Waals surface area contributed by atoms with Gasteiger partial charge in [0.05, 0.1) is 6.04 Å². The Hall–Kier alpha value is -2.92. The summed E-state index contributed by atoms with van der Waals surface area (Å²) >= 11 is 0. The van der Waals surface area contributed by atoms with Crippen molar-refractivity contribution in [1.29, 1.82) is 0 Å². The number of piperazine rings is 1. The van der Waals surface area contributed by atoms with E-state index in [2.05, 4.69) is 9.88 Å². The molecule has 144 valence electrons. The van der Waals surface area contributed by atoms with Crippen LogP contribution < -0.4 is 0 Å². The highest BCUT2D eigenvalue weighted by Crippen LogP contribution is 2.24. The van der Waals surface area contributed by atoms with Gasteiger partial charge in [0.25, 0.3) is 5.91 Å². The molecule has 28 heavy (non-hydrogen) atoms. The molecule has 0 saturated carbocycles. The van der Waals surface area contributed by atoms with Crippen molar-refractivity contribution in [1.82, 2.24) is 14.8 Å². The third-order valence-corrected chi connectivity index (χ3v) is 5.69. The van der Waals surface area contributed by atoms with E-state index in [1.807, 2.05) is 73.3 Å². The molecule has 1 saturated heterocycles. The van der Waals surface area contributed by atoms with Crippen LogP contribution in [0.25, 0.3) is 10.9 Å². The summed E-state index contributed by atoms with van der Waals surface area (Å²) in [5.74, 6) is 0.199. The van der Waals surface area contributed by atoms with Crippen LogP contribution in [0, 0.1) is 6.92 Å². The number of aryl methyl sites for hydroxylation is 1. The van der Waals surface area contributed by atoms with E-state index in [0.29, 0.717) is 26.2 Å². The number of hydrogen-bond donors (Lipinski definition) is 1. The average Bonchev–Trinajstić information content (AvgIpc) is 3.08. The summed E-state index contributed by atoms with van der Waals surface area (Å²) in [7, 11) is 0. The fourth-order valence-electron chi connectivity index (χ4n) is 4.04. The molecule has 3 aromatic rings. The normalized spacial score (nSPS) is 16.3. The third kappa shape index (κ3) is 3.34. The van der Waals surface area contributed by atoms with Crippen molar-refractivity contribution < 1.29 is 9.59 Å². The largest absolute Gasteiger partial charge is 0.358 e. The summed E-state index contributed by atoms with van der Waals surface area (Å²) in [5.41, 5.74) is 3.41. The molecule has 2 heterocycles. The maximum atomic E-state index is 13.2. The van der Waals surface area contributed by atoms with Crippen molar-refractivity contribution >= 4 is 22.6 Å². The first-order valence-electron chi connectivity index (χ1n) is 9.76. The zero-order valence-corrected chi connectivity index (χ0v) is 16.3. The van der Waals surface area contributed by atoms with Crippen molar-refractivity contribution in [3.63, 3.8) is 0 Å². The number of hydrogen-bond acceptors (Lipinski definition) is 3. The maximum absolute atomic E-state index is 13.2. The molecule has 0 unspecified atom stereocenters. The topological polar surface area (TPSA) is 56.4 Å². The van der Waals surface area contributed by atoms with E-state index >= 15 is 0 Å². The number of aromatic amines is 1. The Labute approximate surface area is 165 Å². The van der Waals surface area contributed by atoms with Crippen molar-refractivity contribution in [3.8, 4) is 0 Å². The van der Waals surface area contributed by atoms with Gasteiger partial charge in [0.15, 0.2) is 5.78 Å². The van der Waals surface area contributed by atoms with E-state index in [-0.39, 0.29) is 17.7 Å². The van der Waals surface area contributed by atoms with Crippen molar-refractivity contribution in [2.45, 2.75) is 19.9 Å². The van der Waals surface area contributed by atoms with Crippen molar-refractivity contribution in [2.75, 3.05) is 26.2 Å². The lowest BCUT2D eigenvalue weighted by molar-refractivity contribution is 0.0552. The van der Waals surface area contributed by atoms with E-state index in [0.717, 1.165) is 27.7 Å². The van der Waals surface area contributed by atoms with Gasteiger partial charge in [-0.15, -0.1) is 0 Å². The lowest BCUT2D eigenvalue weighted by Gasteiger charge is -2.37. The Morgan fingerprint density at radius 1 is 0.929 bits per heavy atom. The minimum Gasteiger partial charge on any atom is -0.358 e. The van der Waals surface area contributed by atoms with E-state index in [4.69, 9.17) is 0 Å². The fourth-order valence-corrected chi connectivity index (χ4v) is 4.04. The Balaban J connectivity index is 1.45. The number of carbonyl (C=O) groups excluding carboxylic acids is 2. The maximum Gasteiger partial charge on any atom is 0.253 e. The van der Waals surface area contributed by atoms with Gasteiger partial charge in [0.2, 0.25) is 0 Å². The molecule has 0 spiro atoms. The number of para-hydroxylation sites is 1. The number of ketones is 1. The molecular weight excluding hydrogens is 350 g/mol. The number of Topliss-reactive ketones (excluding diaryl/α,β-unsaturated/α-hetero) is 1. The molecule has 0 bridgehead atoms. The number of aromatic nitrogens is 1. The number of H-pyrrole nitrogens is 1. The first-order chi connectivity index (χ1) is 13.6. The van der Waals surface area contributed by atoms with Crippen LogP contribution in [0.2, 0.25) is 0 Å². The Morgan fingerprint density at radius 3 is 2.29 bits per heavy atom. The highest BCUT2D eigenvalue weighted by Gasteiger charge is 2.30. The molecule has 0 aliphatic carbocycles. The molecule has 1 amide bonds. The molecule has 1 aromatic heterocycles. The van der Waals surface area contributed by atoms with E-state index in [1.54, 1.807) is 0 Å². The number of nitrogens with zero attached hydrogens (tertiary/aromatic N) is 2. The summed E-state index contributed by atoms with van der Waals surface area (Å²) < 4.78 is 0. The standard InChI is InChI=1S/C23H25N3O2/c1-16-21(19-10-6-7-11-20(19)24-16)22(27)17(2)25-12-14-26(15-13-25)23(28)18-8-4-3-5-9-18/h3-11,17,24H,12-15H2,1-2H3/t17-/m0/s1. The van der Waals surface area contributed by atoms with Crippen LogP contribution in [0.5, 0.6) is 0 Å². The summed E-state index contributed by atoms with van der Waals surface area (Å²) in [6.07, 6.45) is 0. The summed E-state index contributed by atoms with van der Waals surface area (Å²) in [6.45, 7) is 6.60. The van der Waals surface area contributed by atoms with Gasteiger partial charge < -0.3 is 9.88 Å². The SMILES string of the molecule is Cc1[nH]c2ccccc2c1C(=O)[C@H](C)N1CCN(C(=O)c2ccccc2)CC1. The second-order valence-corrected chi connectivity index (χ2v) is 7.41. The number of nitrogens with one attached hydrogen (secondary N) is 1. The summed E-state index contributed by atoms with van der Waals surface area (Å²) in [4.78, 5) is 33.2. The van der Waals surface area contributed by atoms with Gasteiger partial charge in [-0.1, -0.05) is 36.4 Å². The molecule has 5 nitrogen and oxygen atoms in total. The Bertz CT molecular complexity index is 1000. The van der Waals surface area contributed by atoms with Gasteiger partial charge in [0.1, 0.15) is 0 Å². The number of amides is 1. The molecular formula is C23H25N3O2. The van der Waals surface area contributed by atoms with Crippen LogP contribution in [0.15, 0.2) is 54.6 Å². The van der Waals surface area contributed by atoms with Crippen LogP contribution in [-0.4, -0.2) is 58.7 Å². The number of rotatable bonds is 4. The average molecular weight is 375 g/mol. The zero-order chi connectivity index (χ0) is 19.7. The van der Waals surface area contributed by atoms with Gasteiger partial charge in [0, 0.05) is 53.9 Å². The number of benzene rings is 2. The molecule has 1 N–H and O–H groups in total. The molecule has 1 aliphatic rings. The molecule has 5 heteroatoms. The molecule has 0 radical (unpaired) electrons. The fraction of sp³-hybridized carbons (Fsp3) is 0.304. The second kappa shape index (κ2) is 7.60. The molecule has 1 fully saturated rings.